The number of hydrogen-bond acceptors (Lipinski definition) is 5. The minimum Gasteiger partial charge on any atom is -0.339 e. The summed E-state index contributed by atoms with van der Waals surface area (Å²) in [5.74, 6) is 0.197. The van der Waals surface area contributed by atoms with Crippen LogP contribution in [0.2, 0.25) is 0 Å². The highest BCUT2D eigenvalue weighted by Gasteiger charge is 2.17. The molecule has 0 unspecified atom stereocenters. The predicted molar refractivity (Wildman–Crippen MR) is 110 cm³/mol. The highest BCUT2D eigenvalue weighted by molar-refractivity contribution is 6.04. The van der Waals surface area contributed by atoms with E-state index in [4.69, 9.17) is 0 Å². The zero-order valence-electron chi connectivity index (χ0n) is 15.7. The summed E-state index contributed by atoms with van der Waals surface area (Å²) in [6, 6.07) is 16.7. The van der Waals surface area contributed by atoms with Crippen molar-refractivity contribution in [2.45, 2.75) is 13.8 Å². The molecule has 2 aromatic carbocycles. The normalized spacial score (nSPS) is 10.2. The number of nitrogens with one attached hydrogen (secondary N) is 2. The van der Waals surface area contributed by atoms with Crippen LogP contribution in [0, 0.1) is 0 Å². The summed E-state index contributed by atoms with van der Waals surface area (Å²) in [4.78, 5) is 34.0. The number of amides is 2. The molecule has 28 heavy (non-hydrogen) atoms. The summed E-state index contributed by atoms with van der Waals surface area (Å²) >= 11 is 0. The molecule has 0 spiro atoms. The molecule has 7 nitrogen and oxygen atoms in total. The summed E-state index contributed by atoms with van der Waals surface area (Å²) in [6.07, 6.45) is 2.98. The van der Waals surface area contributed by atoms with Gasteiger partial charge in [0, 0.05) is 30.5 Å². The molecular weight excluding hydrogens is 354 g/mol. The Labute approximate surface area is 163 Å². The number of nitrogens with zero attached hydrogens (tertiary/aromatic N) is 3. The summed E-state index contributed by atoms with van der Waals surface area (Å²) in [6.45, 7) is 3.91. The zero-order valence-corrected chi connectivity index (χ0v) is 15.7. The average Bonchev–Trinajstić information content (AvgIpc) is 2.71. The number of anilines is 4. The van der Waals surface area contributed by atoms with Crippen LogP contribution in [0.15, 0.2) is 67.0 Å². The van der Waals surface area contributed by atoms with Crippen molar-refractivity contribution in [3.8, 4) is 0 Å². The van der Waals surface area contributed by atoms with Gasteiger partial charge in [-0.1, -0.05) is 18.2 Å². The van der Waals surface area contributed by atoms with E-state index in [1.54, 1.807) is 17.0 Å². The first-order valence-corrected chi connectivity index (χ1v) is 8.90. The molecule has 2 amide bonds. The maximum atomic E-state index is 12.7. The van der Waals surface area contributed by atoms with Gasteiger partial charge in [-0.25, -0.2) is 9.97 Å². The van der Waals surface area contributed by atoms with E-state index in [1.807, 2.05) is 49.4 Å². The largest absolute Gasteiger partial charge is 0.339 e. The van der Waals surface area contributed by atoms with Gasteiger partial charge < -0.3 is 15.5 Å². The molecule has 2 N–H and O–H groups in total. The van der Waals surface area contributed by atoms with Gasteiger partial charge in [0.2, 0.25) is 5.91 Å². The topological polar surface area (TPSA) is 87.2 Å². The fourth-order valence-electron chi connectivity index (χ4n) is 2.68. The maximum absolute atomic E-state index is 12.7. The zero-order chi connectivity index (χ0) is 19.9. The van der Waals surface area contributed by atoms with Crippen LogP contribution in [0.25, 0.3) is 0 Å². The third kappa shape index (κ3) is 4.70. The number of para-hydroxylation sites is 1. The molecule has 0 aliphatic carbocycles. The average molecular weight is 375 g/mol. The van der Waals surface area contributed by atoms with E-state index >= 15 is 0 Å². The van der Waals surface area contributed by atoms with Gasteiger partial charge in [-0.2, -0.15) is 0 Å². The Bertz CT molecular complexity index is 941. The molecule has 1 aromatic heterocycles. The van der Waals surface area contributed by atoms with Gasteiger partial charge in [0.25, 0.3) is 5.91 Å². The Morgan fingerprint density at radius 3 is 2.18 bits per heavy atom. The standard InChI is InChI=1S/C21H21N5O2/c1-3-26(18-7-5-4-6-8-18)21(28)19-13-23-20(14-22-19)25-17-11-9-16(10-12-17)24-15(2)27/h4-14H,3H2,1-2H3,(H,23,25)(H,24,27). The lowest BCUT2D eigenvalue weighted by Crippen LogP contribution is -2.31. The van der Waals surface area contributed by atoms with E-state index in [2.05, 4.69) is 20.6 Å². The van der Waals surface area contributed by atoms with Crippen LogP contribution in [-0.2, 0) is 4.79 Å². The van der Waals surface area contributed by atoms with Crippen LogP contribution < -0.4 is 15.5 Å². The molecule has 0 atom stereocenters. The summed E-state index contributed by atoms with van der Waals surface area (Å²) in [5, 5.41) is 5.82. The molecule has 3 aromatic rings. The first kappa shape index (κ1) is 19.0. The second-order valence-electron chi connectivity index (χ2n) is 6.06. The molecule has 7 heteroatoms. The molecule has 0 radical (unpaired) electrons. The molecule has 0 saturated carbocycles. The summed E-state index contributed by atoms with van der Waals surface area (Å²) < 4.78 is 0. The number of hydrogen-bond donors (Lipinski definition) is 2. The van der Waals surface area contributed by atoms with E-state index in [-0.39, 0.29) is 17.5 Å². The molecule has 142 valence electrons. The van der Waals surface area contributed by atoms with Crippen molar-refractivity contribution >= 4 is 34.7 Å². The fraction of sp³-hybridized carbons (Fsp3) is 0.143. The third-order valence-electron chi connectivity index (χ3n) is 3.98. The van der Waals surface area contributed by atoms with Crippen LogP contribution in [-0.4, -0.2) is 28.3 Å². The van der Waals surface area contributed by atoms with Gasteiger partial charge in [0.05, 0.1) is 12.4 Å². The van der Waals surface area contributed by atoms with Gasteiger partial charge in [-0.15, -0.1) is 0 Å². The van der Waals surface area contributed by atoms with Crippen molar-refractivity contribution in [1.82, 2.24) is 9.97 Å². The highest BCUT2D eigenvalue weighted by atomic mass is 16.2. The van der Waals surface area contributed by atoms with Crippen LogP contribution in [0.4, 0.5) is 22.9 Å². The van der Waals surface area contributed by atoms with Gasteiger partial charge in [-0.3, -0.25) is 9.59 Å². The molecule has 1 heterocycles. The predicted octanol–water partition coefficient (Wildman–Crippen LogP) is 3.85. The molecule has 0 bridgehead atoms. The van der Waals surface area contributed by atoms with E-state index in [1.165, 1.54) is 19.3 Å². The number of carbonyl (C=O) groups excluding carboxylic acids is 2. The second-order valence-corrected chi connectivity index (χ2v) is 6.06. The second kappa shape index (κ2) is 8.77. The molecule has 0 saturated heterocycles. The lowest BCUT2D eigenvalue weighted by Gasteiger charge is -2.20. The molecule has 0 aliphatic rings. The van der Waals surface area contributed by atoms with Crippen molar-refractivity contribution in [2.75, 3.05) is 22.1 Å². The van der Waals surface area contributed by atoms with Crippen molar-refractivity contribution < 1.29 is 9.59 Å². The van der Waals surface area contributed by atoms with E-state index in [9.17, 15) is 9.59 Å². The Hall–Kier alpha value is -3.74. The third-order valence-corrected chi connectivity index (χ3v) is 3.98. The smallest absolute Gasteiger partial charge is 0.278 e. The minimum absolute atomic E-state index is 0.122. The lowest BCUT2D eigenvalue weighted by atomic mass is 10.2. The SMILES string of the molecule is CCN(C(=O)c1cnc(Nc2ccc(NC(C)=O)cc2)cn1)c1ccccc1. The quantitative estimate of drug-likeness (QED) is 0.683. The van der Waals surface area contributed by atoms with Crippen molar-refractivity contribution in [2.24, 2.45) is 0 Å². The van der Waals surface area contributed by atoms with E-state index in [0.29, 0.717) is 18.1 Å². The van der Waals surface area contributed by atoms with Crippen molar-refractivity contribution in [3.05, 3.63) is 72.7 Å². The Morgan fingerprint density at radius 2 is 1.61 bits per heavy atom. The first-order valence-electron chi connectivity index (χ1n) is 8.90. The van der Waals surface area contributed by atoms with Crippen LogP contribution in [0.3, 0.4) is 0 Å². The molecular formula is C21H21N5O2. The van der Waals surface area contributed by atoms with Crippen molar-refractivity contribution in [1.29, 1.82) is 0 Å². The summed E-state index contributed by atoms with van der Waals surface area (Å²) in [7, 11) is 0. The Morgan fingerprint density at radius 1 is 0.929 bits per heavy atom. The van der Waals surface area contributed by atoms with E-state index in [0.717, 1.165) is 11.4 Å². The number of aromatic nitrogens is 2. The summed E-state index contributed by atoms with van der Waals surface area (Å²) in [5.41, 5.74) is 2.60. The highest BCUT2D eigenvalue weighted by Crippen LogP contribution is 2.18. The number of carbonyl (C=O) groups is 2. The van der Waals surface area contributed by atoms with Gasteiger partial charge >= 0.3 is 0 Å². The number of rotatable bonds is 6. The van der Waals surface area contributed by atoms with Gasteiger partial charge in [0.1, 0.15) is 11.5 Å². The van der Waals surface area contributed by atoms with Crippen LogP contribution in [0.1, 0.15) is 24.3 Å². The maximum Gasteiger partial charge on any atom is 0.278 e. The lowest BCUT2D eigenvalue weighted by molar-refractivity contribution is -0.114. The van der Waals surface area contributed by atoms with Crippen molar-refractivity contribution in [3.63, 3.8) is 0 Å². The van der Waals surface area contributed by atoms with Crippen LogP contribution in [0.5, 0.6) is 0 Å². The fourth-order valence-corrected chi connectivity index (χ4v) is 2.68. The Balaban J connectivity index is 1.69. The minimum atomic E-state index is -0.201. The van der Waals surface area contributed by atoms with E-state index < -0.39 is 0 Å². The van der Waals surface area contributed by atoms with Gasteiger partial charge in [-0.05, 0) is 43.3 Å². The molecule has 0 fully saturated rings. The first-order chi connectivity index (χ1) is 13.6. The van der Waals surface area contributed by atoms with Gasteiger partial charge in [0.15, 0.2) is 0 Å². The molecule has 0 aliphatic heterocycles. The van der Waals surface area contributed by atoms with Crippen LogP contribution >= 0.6 is 0 Å². The monoisotopic (exact) mass is 375 g/mol. The number of benzene rings is 2. The Kier molecular flexibility index (Phi) is 5.96. The molecule has 3 rings (SSSR count).